The fraction of sp³-hybridized carbons (Fsp3) is 0.429. The molecule has 0 spiro atoms. The maximum absolute atomic E-state index is 10.6. The fourth-order valence-electron chi connectivity index (χ4n) is 1.05. The Kier molecular flexibility index (Phi) is 1.94. The van der Waals surface area contributed by atoms with Gasteiger partial charge in [0.1, 0.15) is 12.4 Å². The molecule has 1 aromatic rings. The van der Waals surface area contributed by atoms with Crippen LogP contribution in [0.15, 0.2) is 12.4 Å². The predicted octanol–water partition coefficient (Wildman–Crippen LogP) is 0.0307. The normalized spacial score (nSPS) is 10.0. The molecule has 0 bridgehead atoms. The molecule has 0 saturated carbocycles. The van der Waals surface area contributed by atoms with Crippen molar-refractivity contribution in [1.29, 1.82) is 0 Å². The Hall–Kier alpha value is -1.32. The van der Waals surface area contributed by atoms with Gasteiger partial charge in [-0.15, -0.1) is 0 Å². The Balaban J connectivity index is 3.17. The summed E-state index contributed by atoms with van der Waals surface area (Å²) in [5.74, 6) is -0.577. The second-order valence-corrected chi connectivity index (χ2v) is 2.32. The summed E-state index contributed by atoms with van der Waals surface area (Å²) in [4.78, 5) is 10.6. The molecule has 1 N–H and O–H groups in total. The molecular weight excluding hydrogens is 144 g/mol. The molecule has 1 aromatic heterocycles. The van der Waals surface area contributed by atoms with E-state index in [0.29, 0.717) is 12.4 Å². The van der Waals surface area contributed by atoms with Gasteiger partial charge in [0.15, 0.2) is 0 Å². The Bertz CT molecular complexity index is 278. The Labute approximate surface area is 64.7 Å². The van der Waals surface area contributed by atoms with Gasteiger partial charge in [0.25, 0.3) is 0 Å². The van der Waals surface area contributed by atoms with Crippen LogP contribution in [0.3, 0.4) is 0 Å². The molecule has 0 unspecified atom stereocenters. The molecule has 4 nitrogen and oxygen atoms in total. The van der Waals surface area contributed by atoms with Gasteiger partial charge in [-0.2, -0.15) is 0 Å². The molecule has 0 aliphatic rings. The van der Waals surface area contributed by atoms with Crippen molar-refractivity contribution in [3.63, 3.8) is 0 Å². The Morgan fingerprint density at radius 2 is 2.45 bits per heavy atom. The molecule has 0 aliphatic heterocycles. The van der Waals surface area contributed by atoms with E-state index in [9.17, 15) is 4.79 Å². The van der Waals surface area contributed by atoms with Crippen molar-refractivity contribution < 1.29 is 14.5 Å². The van der Waals surface area contributed by atoms with E-state index in [1.54, 1.807) is 28.6 Å². The smallest absolute Gasteiger partial charge is 0.419 e. The van der Waals surface area contributed by atoms with Crippen LogP contribution in [0.1, 0.15) is 17.5 Å². The molecular formula is C7H11N2O2+. The van der Waals surface area contributed by atoms with Gasteiger partial charge in [-0.05, 0) is 6.92 Å². The monoisotopic (exact) mass is 155 g/mol. The first kappa shape index (κ1) is 7.78. The van der Waals surface area contributed by atoms with E-state index in [4.69, 9.17) is 5.11 Å². The van der Waals surface area contributed by atoms with Crippen molar-refractivity contribution in [2.45, 2.75) is 13.5 Å². The van der Waals surface area contributed by atoms with Crippen LogP contribution in [-0.2, 0) is 13.6 Å². The lowest BCUT2D eigenvalue weighted by molar-refractivity contribution is -0.673. The van der Waals surface area contributed by atoms with Crippen molar-refractivity contribution in [2.75, 3.05) is 0 Å². The summed E-state index contributed by atoms with van der Waals surface area (Å²) in [6.07, 6.45) is 3.48. The van der Waals surface area contributed by atoms with Gasteiger partial charge in [0.2, 0.25) is 0 Å². The summed E-state index contributed by atoms with van der Waals surface area (Å²) in [7, 11) is 1.72. The molecule has 1 rings (SSSR count). The Morgan fingerprint density at radius 1 is 1.82 bits per heavy atom. The number of carboxylic acid groups (broad SMARTS) is 1. The van der Waals surface area contributed by atoms with Crippen molar-refractivity contribution in [2.24, 2.45) is 7.05 Å². The van der Waals surface area contributed by atoms with Crippen LogP contribution in [0.25, 0.3) is 0 Å². The highest BCUT2D eigenvalue weighted by molar-refractivity contribution is 5.81. The number of hydrogen-bond acceptors (Lipinski definition) is 1. The summed E-state index contributed by atoms with van der Waals surface area (Å²) in [6, 6.07) is 0. The molecule has 0 aliphatic carbocycles. The summed E-state index contributed by atoms with van der Waals surface area (Å²) in [5, 5.41) is 8.72. The van der Waals surface area contributed by atoms with Crippen LogP contribution in [0, 0.1) is 0 Å². The number of imidazole rings is 1. The fourth-order valence-corrected chi connectivity index (χ4v) is 1.05. The average molecular weight is 155 g/mol. The summed E-state index contributed by atoms with van der Waals surface area (Å²) in [5.41, 5.74) is 0. The van der Waals surface area contributed by atoms with Crippen LogP contribution >= 0.6 is 0 Å². The zero-order valence-electron chi connectivity index (χ0n) is 6.61. The van der Waals surface area contributed by atoms with Gasteiger partial charge in [-0.1, -0.05) is 0 Å². The third-order valence-corrected chi connectivity index (χ3v) is 1.61. The van der Waals surface area contributed by atoms with Gasteiger partial charge in [-0.25, -0.2) is 13.9 Å². The molecule has 0 amide bonds. The topological polar surface area (TPSA) is 46.1 Å². The predicted molar refractivity (Wildman–Crippen MR) is 38.2 cm³/mol. The molecule has 1 heterocycles. The summed E-state index contributed by atoms with van der Waals surface area (Å²) in [6.45, 7) is 2.59. The lowest BCUT2D eigenvalue weighted by Gasteiger charge is -1.92. The second kappa shape index (κ2) is 2.74. The number of nitrogens with zero attached hydrogens (tertiary/aromatic N) is 2. The average Bonchev–Trinajstić information content (AvgIpc) is 2.30. The first-order valence-electron chi connectivity index (χ1n) is 3.45. The number of hydrogen-bond donors (Lipinski definition) is 1. The maximum atomic E-state index is 10.6. The molecule has 0 atom stereocenters. The van der Waals surface area contributed by atoms with Gasteiger partial charge in [-0.3, -0.25) is 0 Å². The van der Waals surface area contributed by atoms with E-state index < -0.39 is 5.97 Å². The maximum Gasteiger partial charge on any atom is 0.419 e. The number of aromatic carboxylic acids is 1. The van der Waals surface area contributed by atoms with Gasteiger partial charge < -0.3 is 5.11 Å². The molecule has 0 radical (unpaired) electrons. The van der Waals surface area contributed by atoms with Crippen molar-refractivity contribution in [1.82, 2.24) is 4.57 Å². The van der Waals surface area contributed by atoms with E-state index in [2.05, 4.69) is 0 Å². The first-order valence-corrected chi connectivity index (χ1v) is 3.45. The Morgan fingerprint density at radius 3 is 2.82 bits per heavy atom. The molecule has 0 fully saturated rings. The van der Waals surface area contributed by atoms with E-state index in [1.807, 2.05) is 6.92 Å². The minimum atomic E-state index is -0.889. The highest BCUT2D eigenvalue weighted by Gasteiger charge is 2.20. The van der Waals surface area contributed by atoms with E-state index in [-0.39, 0.29) is 0 Å². The van der Waals surface area contributed by atoms with Crippen LogP contribution in [0.2, 0.25) is 0 Å². The number of aromatic nitrogens is 2. The third kappa shape index (κ3) is 1.24. The lowest BCUT2D eigenvalue weighted by atomic mass is 10.5. The third-order valence-electron chi connectivity index (χ3n) is 1.61. The van der Waals surface area contributed by atoms with Crippen LogP contribution < -0.4 is 4.57 Å². The van der Waals surface area contributed by atoms with Gasteiger partial charge in [0.05, 0.1) is 13.6 Å². The van der Waals surface area contributed by atoms with Gasteiger partial charge in [0, 0.05) is 0 Å². The number of carboxylic acids is 1. The van der Waals surface area contributed by atoms with E-state index in [1.165, 1.54) is 0 Å². The van der Waals surface area contributed by atoms with Crippen molar-refractivity contribution in [3.05, 3.63) is 18.2 Å². The van der Waals surface area contributed by atoms with Crippen molar-refractivity contribution >= 4 is 5.97 Å². The summed E-state index contributed by atoms with van der Waals surface area (Å²) >= 11 is 0. The minimum absolute atomic E-state index is 0.313. The second-order valence-electron chi connectivity index (χ2n) is 2.32. The lowest BCUT2D eigenvalue weighted by Crippen LogP contribution is -2.35. The molecule has 4 heteroatoms. The number of aryl methyl sites for hydroxylation is 2. The molecule has 60 valence electrons. The minimum Gasteiger partial charge on any atom is -0.472 e. The van der Waals surface area contributed by atoms with Crippen molar-refractivity contribution in [3.8, 4) is 0 Å². The highest BCUT2D eigenvalue weighted by atomic mass is 16.4. The zero-order valence-corrected chi connectivity index (χ0v) is 6.61. The number of rotatable bonds is 2. The molecule has 0 saturated heterocycles. The van der Waals surface area contributed by atoms with Gasteiger partial charge >= 0.3 is 11.8 Å². The van der Waals surface area contributed by atoms with Crippen LogP contribution in [0.5, 0.6) is 0 Å². The molecule has 11 heavy (non-hydrogen) atoms. The quantitative estimate of drug-likeness (QED) is 0.612. The zero-order chi connectivity index (χ0) is 8.43. The first-order chi connectivity index (χ1) is 5.16. The van der Waals surface area contributed by atoms with Crippen LogP contribution in [0.4, 0.5) is 0 Å². The number of carbonyl (C=O) groups is 1. The summed E-state index contributed by atoms with van der Waals surface area (Å²) < 4.78 is 3.27. The van der Waals surface area contributed by atoms with Crippen LogP contribution in [-0.4, -0.2) is 15.6 Å². The standard InChI is InChI=1S/C7H10N2O2/c1-3-9-5-4-8(2)6(9)7(10)11/h4-5H,3H2,1-2H3/p+1. The highest BCUT2D eigenvalue weighted by Crippen LogP contribution is 1.93. The van der Waals surface area contributed by atoms with E-state index in [0.717, 1.165) is 0 Å². The largest absolute Gasteiger partial charge is 0.472 e. The SMILES string of the molecule is CCn1cc[n+](C)c1C(=O)O. The van der Waals surface area contributed by atoms with E-state index >= 15 is 0 Å². The molecule has 0 aromatic carbocycles.